The van der Waals surface area contributed by atoms with Gasteiger partial charge in [0.05, 0.1) is 12.1 Å². The topological polar surface area (TPSA) is 53.1 Å². The van der Waals surface area contributed by atoms with Crippen molar-refractivity contribution in [2.45, 2.75) is 47.6 Å². The summed E-state index contributed by atoms with van der Waals surface area (Å²) in [5.41, 5.74) is 8.22. The van der Waals surface area contributed by atoms with Crippen molar-refractivity contribution in [3.05, 3.63) is 18.2 Å². The number of para-hydroxylation sites is 1. The Bertz CT molecular complexity index is 614. The van der Waals surface area contributed by atoms with Gasteiger partial charge in [-0.05, 0) is 29.9 Å². The molecule has 0 amide bonds. The lowest BCUT2D eigenvalue weighted by Gasteiger charge is -2.30. The number of hydrogen-bond acceptors (Lipinski definition) is 3. The third-order valence-corrected chi connectivity index (χ3v) is 4.36. The highest BCUT2D eigenvalue weighted by Crippen LogP contribution is 2.33. The van der Waals surface area contributed by atoms with E-state index in [0.717, 1.165) is 29.7 Å². The van der Waals surface area contributed by atoms with Gasteiger partial charge in [0.1, 0.15) is 11.3 Å². The molecule has 0 saturated heterocycles. The van der Waals surface area contributed by atoms with Crippen LogP contribution in [-0.4, -0.2) is 16.2 Å². The predicted octanol–water partition coefficient (Wildman–Crippen LogP) is 4.09. The van der Waals surface area contributed by atoms with E-state index < -0.39 is 0 Å². The first kappa shape index (κ1) is 15.7. The zero-order chi connectivity index (χ0) is 15.6. The van der Waals surface area contributed by atoms with Gasteiger partial charge in [-0.2, -0.15) is 0 Å². The Labute approximate surface area is 127 Å². The van der Waals surface area contributed by atoms with Gasteiger partial charge in [0.15, 0.2) is 0 Å². The number of aromatic nitrogens is 2. The lowest BCUT2D eigenvalue weighted by molar-refractivity contribution is 0.214. The average molecular weight is 289 g/mol. The number of imidazole rings is 1. The van der Waals surface area contributed by atoms with E-state index in [1.807, 2.05) is 12.1 Å². The van der Waals surface area contributed by atoms with E-state index in [4.69, 9.17) is 10.5 Å². The van der Waals surface area contributed by atoms with Crippen LogP contribution in [0.3, 0.4) is 0 Å². The van der Waals surface area contributed by atoms with E-state index in [9.17, 15) is 0 Å². The lowest BCUT2D eigenvalue weighted by atomic mass is 9.81. The molecule has 2 N–H and O–H groups in total. The Morgan fingerprint density at radius 3 is 2.67 bits per heavy atom. The Morgan fingerprint density at radius 1 is 1.33 bits per heavy atom. The van der Waals surface area contributed by atoms with Crippen LogP contribution in [0.5, 0.6) is 5.75 Å². The van der Waals surface area contributed by atoms with Crippen molar-refractivity contribution in [2.24, 2.45) is 11.3 Å². The number of ether oxygens (including phenoxy) is 1. The van der Waals surface area contributed by atoms with Gasteiger partial charge < -0.3 is 15.0 Å². The van der Waals surface area contributed by atoms with Crippen molar-refractivity contribution >= 4 is 17.0 Å². The molecule has 0 aliphatic carbocycles. The number of rotatable bonds is 6. The minimum absolute atomic E-state index is 0.155. The summed E-state index contributed by atoms with van der Waals surface area (Å²) in [5, 5.41) is 0. The van der Waals surface area contributed by atoms with Gasteiger partial charge in [0.2, 0.25) is 5.95 Å². The molecule has 0 fully saturated rings. The van der Waals surface area contributed by atoms with E-state index in [2.05, 4.69) is 50.2 Å². The summed E-state index contributed by atoms with van der Waals surface area (Å²) in [6, 6.07) is 6.03. The minimum Gasteiger partial charge on any atom is -0.491 e. The molecule has 4 nitrogen and oxygen atoms in total. The lowest BCUT2D eigenvalue weighted by Crippen LogP contribution is -2.26. The standard InChI is InChI=1S/C17H27N3O/c1-6-10-21-14-9-7-8-13-15(14)19-16(18)20(13)11-17(4,5)12(2)3/h7-9,12H,6,10-11H2,1-5H3,(H2,18,19). The second kappa shape index (κ2) is 5.96. The van der Waals surface area contributed by atoms with Crippen LogP contribution >= 0.6 is 0 Å². The van der Waals surface area contributed by atoms with E-state index in [0.29, 0.717) is 18.5 Å². The summed E-state index contributed by atoms with van der Waals surface area (Å²) >= 11 is 0. The van der Waals surface area contributed by atoms with Gasteiger partial charge in [-0.3, -0.25) is 0 Å². The zero-order valence-electron chi connectivity index (χ0n) is 13.8. The first-order valence-electron chi connectivity index (χ1n) is 7.74. The number of anilines is 1. The fourth-order valence-electron chi connectivity index (χ4n) is 2.22. The molecular weight excluding hydrogens is 262 g/mol. The summed E-state index contributed by atoms with van der Waals surface area (Å²) in [4.78, 5) is 4.53. The highest BCUT2D eigenvalue weighted by atomic mass is 16.5. The fourth-order valence-corrected chi connectivity index (χ4v) is 2.22. The van der Waals surface area contributed by atoms with Crippen LogP contribution in [0.1, 0.15) is 41.0 Å². The highest BCUT2D eigenvalue weighted by Gasteiger charge is 2.25. The zero-order valence-corrected chi connectivity index (χ0v) is 13.8. The number of nitrogens with two attached hydrogens (primary N) is 1. The largest absolute Gasteiger partial charge is 0.491 e. The third kappa shape index (κ3) is 3.14. The molecular formula is C17H27N3O. The van der Waals surface area contributed by atoms with Crippen LogP contribution < -0.4 is 10.5 Å². The molecule has 0 radical (unpaired) electrons. The molecule has 21 heavy (non-hydrogen) atoms. The SMILES string of the molecule is CCCOc1cccc2c1nc(N)n2CC(C)(C)C(C)C. The maximum absolute atomic E-state index is 6.15. The Kier molecular flexibility index (Phi) is 4.45. The van der Waals surface area contributed by atoms with Crippen molar-refractivity contribution in [3.63, 3.8) is 0 Å². The molecule has 0 bridgehead atoms. The van der Waals surface area contributed by atoms with Gasteiger partial charge in [0.25, 0.3) is 0 Å². The molecule has 116 valence electrons. The fraction of sp³-hybridized carbons (Fsp3) is 0.588. The molecule has 0 spiro atoms. The van der Waals surface area contributed by atoms with Gasteiger partial charge in [-0.1, -0.05) is 40.7 Å². The minimum atomic E-state index is 0.155. The van der Waals surface area contributed by atoms with Gasteiger partial charge in [-0.15, -0.1) is 0 Å². The quantitative estimate of drug-likeness (QED) is 0.871. The molecule has 0 aliphatic heterocycles. The number of nitrogens with zero attached hydrogens (tertiary/aromatic N) is 2. The van der Waals surface area contributed by atoms with E-state index in [1.165, 1.54) is 0 Å². The molecule has 0 atom stereocenters. The molecule has 4 heteroatoms. The van der Waals surface area contributed by atoms with E-state index in [-0.39, 0.29) is 5.41 Å². The highest BCUT2D eigenvalue weighted by molar-refractivity contribution is 5.84. The van der Waals surface area contributed by atoms with Crippen LogP contribution in [0, 0.1) is 11.3 Å². The molecule has 2 aromatic rings. The number of nitrogen functional groups attached to an aromatic ring is 1. The van der Waals surface area contributed by atoms with Crippen molar-refractivity contribution in [1.82, 2.24) is 9.55 Å². The van der Waals surface area contributed by atoms with Gasteiger partial charge in [-0.25, -0.2) is 4.98 Å². The Hall–Kier alpha value is -1.71. The monoisotopic (exact) mass is 289 g/mol. The Balaban J connectivity index is 2.44. The molecule has 1 aromatic carbocycles. The molecule has 1 aromatic heterocycles. The van der Waals surface area contributed by atoms with Crippen molar-refractivity contribution in [2.75, 3.05) is 12.3 Å². The summed E-state index contributed by atoms with van der Waals surface area (Å²) in [5.74, 6) is 1.95. The van der Waals surface area contributed by atoms with Crippen LogP contribution in [-0.2, 0) is 6.54 Å². The van der Waals surface area contributed by atoms with E-state index >= 15 is 0 Å². The number of fused-ring (bicyclic) bond motifs is 1. The second-order valence-electron chi connectivity index (χ2n) is 6.67. The van der Waals surface area contributed by atoms with Crippen molar-refractivity contribution < 1.29 is 4.74 Å². The first-order chi connectivity index (χ1) is 9.86. The summed E-state index contributed by atoms with van der Waals surface area (Å²) < 4.78 is 7.89. The maximum Gasteiger partial charge on any atom is 0.201 e. The van der Waals surface area contributed by atoms with Crippen LogP contribution in [0.2, 0.25) is 0 Å². The van der Waals surface area contributed by atoms with Crippen molar-refractivity contribution in [1.29, 1.82) is 0 Å². The summed E-state index contributed by atoms with van der Waals surface area (Å²) in [7, 11) is 0. The summed E-state index contributed by atoms with van der Waals surface area (Å²) in [6.07, 6.45) is 0.979. The number of hydrogen-bond donors (Lipinski definition) is 1. The predicted molar refractivity (Wildman–Crippen MR) is 88.6 cm³/mol. The Morgan fingerprint density at radius 2 is 2.05 bits per heavy atom. The molecule has 2 rings (SSSR count). The van der Waals surface area contributed by atoms with Crippen LogP contribution in [0.25, 0.3) is 11.0 Å². The van der Waals surface area contributed by atoms with Crippen LogP contribution in [0.15, 0.2) is 18.2 Å². The smallest absolute Gasteiger partial charge is 0.201 e. The maximum atomic E-state index is 6.15. The average Bonchev–Trinajstić information content (AvgIpc) is 2.73. The van der Waals surface area contributed by atoms with Crippen LogP contribution in [0.4, 0.5) is 5.95 Å². The van der Waals surface area contributed by atoms with Crippen molar-refractivity contribution in [3.8, 4) is 5.75 Å². The summed E-state index contributed by atoms with van der Waals surface area (Å²) in [6.45, 7) is 12.7. The second-order valence-corrected chi connectivity index (χ2v) is 6.67. The first-order valence-corrected chi connectivity index (χ1v) is 7.74. The van der Waals surface area contributed by atoms with Gasteiger partial charge in [0, 0.05) is 6.54 Å². The molecule has 0 saturated carbocycles. The normalized spacial score (nSPS) is 12.3. The molecule has 0 unspecified atom stereocenters. The van der Waals surface area contributed by atoms with Gasteiger partial charge >= 0.3 is 0 Å². The number of benzene rings is 1. The van der Waals surface area contributed by atoms with E-state index in [1.54, 1.807) is 0 Å². The molecule has 0 aliphatic rings. The third-order valence-electron chi connectivity index (χ3n) is 4.36. The molecule has 1 heterocycles.